The van der Waals surface area contributed by atoms with Crippen LogP contribution in [0.1, 0.15) is 28.8 Å². The maximum absolute atomic E-state index is 13.6. The normalized spacial score (nSPS) is 13.6. The zero-order chi connectivity index (χ0) is 28.9. The number of phenols is 2. The lowest BCUT2D eigenvalue weighted by Gasteiger charge is -2.15. The fourth-order valence-electron chi connectivity index (χ4n) is 4.27. The van der Waals surface area contributed by atoms with Crippen LogP contribution in [0.2, 0.25) is 0 Å². The average Bonchev–Trinajstić information content (AvgIpc) is 3.57. The van der Waals surface area contributed by atoms with Crippen molar-refractivity contribution in [2.24, 2.45) is 0 Å². The molecule has 0 aliphatic carbocycles. The quantitative estimate of drug-likeness (QED) is 0.222. The molecule has 210 valence electrons. The van der Waals surface area contributed by atoms with Gasteiger partial charge in [0, 0.05) is 32.6 Å². The van der Waals surface area contributed by atoms with Gasteiger partial charge in [0.2, 0.25) is 0 Å². The number of ether oxygens (including phenoxy) is 1. The summed E-state index contributed by atoms with van der Waals surface area (Å²) in [6, 6.07) is 19.2. The lowest BCUT2D eigenvalue weighted by molar-refractivity contribution is -0.192. The number of ketones is 1. The molecule has 40 heavy (non-hydrogen) atoms. The van der Waals surface area contributed by atoms with Gasteiger partial charge in [-0.15, -0.1) is 11.3 Å². The molecule has 3 N–H and O–H groups in total. The van der Waals surface area contributed by atoms with E-state index in [1.807, 2.05) is 12.1 Å². The Morgan fingerprint density at radius 1 is 0.900 bits per heavy atom. The van der Waals surface area contributed by atoms with Gasteiger partial charge in [-0.1, -0.05) is 0 Å². The number of alkyl halides is 3. The number of benzene rings is 3. The first kappa shape index (κ1) is 28.9. The van der Waals surface area contributed by atoms with E-state index in [9.17, 15) is 28.2 Å². The first-order chi connectivity index (χ1) is 19.0. The van der Waals surface area contributed by atoms with Crippen molar-refractivity contribution in [1.82, 2.24) is 4.90 Å². The number of carboxylic acids is 1. The van der Waals surface area contributed by atoms with E-state index in [-0.39, 0.29) is 17.3 Å². The summed E-state index contributed by atoms with van der Waals surface area (Å²) in [5.74, 6) is -1.75. The van der Waals surface area contributed by atoms with Gasteiger partial charge < -0.3 is 20.1 Å². The third kappa shape index (κ3) is 7.10. The van der Waals surface area contributed by atoms with Crippen molar-refractivity contribution in [2.75, 3.05) is 26.2 Å². The standard InChI is InChI=1S/C27H25NO4S.C2HF3O2/c29-20-7-3-19(4-8-20)27-25(23-12-9-21(30)17-24(23)33-27)26(31)18-5-10-22(11-6-18)32-16-15-28-13-1-2-14-28;3-2(4,5)1(6)7/h3-12,17,29-30H,1-2,13-16H2;(H,6,7). The van der Waals surface area contributed by atoms with Gasteiger partial charge in [-0.25, -0.2) is 4.79 Å². The highest BCUT2D eigenvalue weighted by atomic mass is 32.1. The molecule has 5 rings (SSSR count). The van der Waals surface area contributed by atoms with Gasteiger partial charge in [0.05, 0.1) is 0 Å². The summed E-state index contributed by atoms with van der Waals surface area (Å²) < 4.78 is 38.5. The maximum atomic E-state index is 13.6. The van der Waals surface area contributed by atoms with Crippen molar-refractivity contribution in [3.8, 4) is 27.7 Å². The van der Waals surface area contributed by atoms with Crippen LogP contribution in [-0.4, -0.2) is 64.4 Å². The number of fused-ring (bicyclic) bond motifs is 1. The van der Waals surface area contributed by atoms with Gasteiger partial charge in [-0.05, 0) is 98.2 Å². The van der Waals surface area contributed by atoms with E-state index in [0.717, 1.165) is 45.9 Å². The number of hydrogen-bond acceptors (Lipinski definition) is 7. The summed E-state index contributed by atoms with van der Waals surface area (Å²) in [7, 11) is 0. The SMILES string of the molecule is O=C(O)C(F)(F)F.O=C(c1ccc(OCCN2CCCC2)cc1)c1c(-c2ccc(O)cc2)sc2cc(O)ccc12. The number of nitrogens with zero attached hydrogens (tertiary/aromatic N) is 1. The van der Waals surface area contributed by atoms with Gasteiger partial charge in [-0.2, -0.15) is 13.2 Å². The van der Waals surface area contributed by atoms with Crippen LogP contribution in [0.4, 0.5) is 13.2 Å². The van der Waals surface area contributed by atoms with Gasteiger partial charge in [0.1, 0.15) is 23.9 Å². The molecule has 2 heterocycles. The number of thiophene rings is 1. The number of halogens is 3. The zero-order valence-corrected chi connectivity index (χ0v) is 22.0. The summed E-state index contributed by atoms with van der Waals surface area (Å²) in [6.07, 6.45) is -2.56. The fraction of sp³-hybridized carbons (Fsp3) is 0.241. The fourth-order valence-corrected chi connectivity index (χ4v) is 5.51. The van der Waals surface area contributed by atoms with E-state index in [4.69, 9.17) is 14.6 Å². The number of carboxylic acid groups (broad SMARTS) is 1. The summed E-state index contributed by atoms with van der Waals surface area (Å²) in [5, 5.41) is 27.5. The molecule has 11 heteroatoms. The van der Waals surface area contributed by atoms with Gasteiger partial charge in [0.25, 0.3) is 0 Å². The summed E-state index contributed by atoms with van der Waals surface area (Å²) in [4.78, 5) is 25.7. The second-order valence-electron chi connectivity index (χ2n) is 9.09. The topological polar surface area (TPSA) is 107 Å². The number of carbonyl (C=O) groups is 2. The predicted molar refractivity (Wildman–Crippen MR) is 145 cm³/mol. The van der Waals surface area contributed by atoms with Crippen LogP contribution >= 0.6 is 11.3 Å². The lowest BCUT2D eigenvalue weighted by Crippen LogP contribution is -2.25. The van der Waals surface area contributed by atoms with E-state index < -0.39 is 12.1 Å². The second-order valence-corrected chi connectivity index (χ2v) is 10.1. The number of hydrogen-bond donors (Lipinski definition) is 3. The van der Waals surface area contributed by atoms with E-state index in [1.54, 1.807) is 54.6 Å². The Hall–Kier alpha value is -4.09. The highest BCUT2D eigenvalue weighted by molar-refractivity contribution is 7.22. The number of aromatic hydroxyl groups is 2. The monoisotopic (exact) mass is 573 g/mol. The Kier molecular flexibility index (Phi) is 8.96. The van der Waals surface area contributed by atoms with Crippen molar-refractivity contribution >= 4 is 33.2 Å². The molecule has 1 saturated heterocycles. The minimum absolute atomic E-state index is 0.0846. The summed E-state index contributed by atoms with van der Waals surface area (Å²) in [6.45, 7) is 3.85. The lowest BCUT2D eigenvalue weighted by atomic mass is 9.97. The molecule has 0 spiro atoms. The largest absolute Gasteiger partial charge is 0.508 e. The molecule has 1 fully saturated rings. The first-order valence-corrected chi connectivity index (χ1v) is 13.2. The number of aliphatic carboxylic acids is 1. The third-order valence-electron chi connectivity index (χ3n) is 6.26. The molecule has 0 amide bonds. The van der Waals surface area contributed by atoms with Crippen LogP contribution in [-0.2, 0) is 4.79 Å². The van der Waals surface area contributed by atoms with Gasteiger partial charge in [-0.3, -0.25) is 9.69 Å². The Labute approximate surface area is 231 Å². The van der Waals surface area contributed by atoms with E-state index in [0.29, 0.717) is 17.7 Å². The number of phenolic OH excluding ortho intramolecular Hbond substituents is 2. The molecule has 3 aromatic carbocycles. The van der Waals surface area contributed by atoms with E-state index >= 15 is 0 Å². The maximum Gasteiger partial charge on any atom is 0.490 e. The average molecular weight is 574 g/mol. The number of rotatable bonds is 7. The third-order valence-corrected chi connectivity index (χ3v) is 7.47. The molecular weight excluding hydrogens is 547 g/mol. The van der Waals surface area contributed by atoms with E-state index in [1.165, 1.54) is 24.2 Å². The predicted octanol–water partition coefficient (Wildman–Crippen LogP) is 6.32. The molecule has 0 unspecified atom stereocenters. The molecular formula is C29H26F3NO6S. The molecule has 0 atom stereocenters. The van der Waals surface area contributed by atoms with Crippen LogP contribution in [0, 0.1) is 0 Å². The molecule has 4 aromatic rings. The van der Waals surface area contributed by atoms with Gasteiger partial charge >= 0.3 is 12.1 Å². The van der Waals surface area contributed by atoms with Crippen molar-refractivity contribution in [2.45, 2.75) is 19.0 Å². The Bertz CT molecular complexity index is 1480. The second kappa shape index (κ2) is 12.4. The van der Waals surface area contributed by atoms with E-state index in [2.05, 4.69) is 4.90 Å². The molecule has 0 saturated carbocycles. The Morgan fingerprint density at radius 3 is 2.10 bits per heavy atom. The molecule has 7 nitrogen and oxygen atoms in total. The van der Waals surface area contributed by atoms with Crippen molar-refractivity contribution < 1.29 is 42.8 Å². The molecule has 1 aliphatic heterocycles. The van der Waals surface area contributed by atoms with Gasteiger partial charge in [0.15, 0.2) is 5.78 Å². The summed E-state index contributed by atoms with van der Waals surface area (Å²) >= 11 is 1.45. The minimum Gasteiger partial charge on any atom is -0.508 e. The molecule has 1 aliphatic rings. The van der Waals surface area contributed by atoms with Crippen LogP contribution in [0.25, 0.3) is 20.5 Å². The zero-order valence-electron chi connectivity index (χ0n) is 21.1. The Balaban J connectivity index is 0.000000470. The molecule has 0 radical (unpaired) electrons. The molecule has 1 aromatic heterocycles. The van der Waals surface area contributed by atoms with Crippen molar-refractivity contribution in [1.29, 1.82) is 0 Å². The highest BCUT2D eigenvalue weighted by Gasteiger charge is 2.38. The van der Waals surface area contributed by atoms with Crippen LogP contribution in [0.5, 0.6) is 17.2 Å². The van der Waals surface area contributed by atoms with Crippen molar-refractivity contribution in [3.63, 3.8) is 0 Å². The van der Waals surface area contributed by atoms with Crippen LogP contribution in [0.15, 0.2) is 66.7 Å². The number of likely N-dealkylation sites (tertiary alicyclic amines) is 1. The van der Waals surface area contributed by atoms with Crippen molar-refractivity contribution in [3.05, 3.63) is 77.9 Å². The minimum atomic E-state index is -5.08. The summed E-state index contributed by atoms with van der Waals surface area (Å²) in [5.41, 5.74) is 2.02. The van der Waals surface area contributed by atoms with Crippen LogP contribution in [0.3, 0.4) is 0 Å². The highest BCUT2D eigenvalue weighted by Crippen LogP contribution is 2.41. The van der Waals surface area contributed by atoms with Crippen LogP contribution < -0.4 is 4.74 Å². The molecule has 0 bridgehead atoms. The smallest absolute Gasteiger partial charge is 0.490 e. The Morgan fingerprint density at radius 2 is 1.50 bits per heavy atom. The first-order valence-electron chi connectivity index (χ1n) is 12.4. The number of carbonyl (C=O) groups excluding carboxylic acids is 1.